The van der Waals surface area contributed by atoms with Crippen molar-refractivity contribution >= 4 is 5.69 Å². The van der Waals surface area contributed by atoms with Gasteiger partial charge in [-0.25, -0.2) is 4.39 Å². The van der Waals surface area contributed by atoms with E-state index in [1.165, 1.54) is 12.1 Å². The molecule has 0 bridgehead atoms. The smallest absolute Gasteiger partial charge is 0.150 e. The number of para-hydroxylation sites is 1. The Labute approximate surface area is 111 Å². The molecule has 0 saturated heterocycles. The van der Waals surface area contributed by atoms with Crippen molar-refractivity contribution in [1.29, 1.82) is 10.5 Å². The van der Waals surface area contributed by atoms with E-state index in [2.05, 4.69) is 5.32 Å². The number of hydrogen-bond acceptors (Lipinski definition) is 4. The van der Waals surface area contributed by atoms with Gasteiger partial charge in [-0.1, -0.05) is 19.9 Å². The minimum atomic E-state index is -0.507. The molecule has 98 valence electrons. The van der Waals surface area contributed by atoms with Gasteiger partial charge in [0.25, 0.3) is 0 Å². The van der Waals surface area contributed by atoms with Crippen molar-refractivity contribution in [3.8, 4) is 17.9 Å². The number of ether oxygens (including phenoxy) is 1. The van der Waals surface area contributed by atoms with Crippen molar-refractivity contribution in [2.24, 2.45) is 5.92 Å². The predicted octanol–water partition coefficient (Wildman–Crippen LogP) is 3.20. The number of nitrogens with zero attached hydrogens (tertiary/aromatic N) is 2. The molecule has 0 spiro atoms. The van der Waals surface area contributed by atoms with Crippen LogP contribution in [-0.4, -0.2) is 6.61 Å². The van der Waals surface area contributed by atoms with Crippen molar-refractivity contribution in [2.45, 2.75) is 13.8 Å². The van der Waals surface area contributed by atoms with Crippen molar-refractivity contribution in [3.63, 3.8) is 0 Å². The molecule has 0 fully saturated rings. The van der Waals surface area contributed by atoms with Gasteiger partial charge in [0.05, 0.1) is 6.61 Å². The number of rotatable bonds is 5. The summed E-state index contributed by atoms with van der Waals surface area (Å²) in [5.74, 6) is 0.147. The van der Waals surface area contributed by atoms with Crippen LogP contribution >= 0.6 is 0 Å². The Hall–Kier alpha value is -2.53. The monoisotopic (exact) mass is 259 g/mol. The molecule has 4 nitrogen and oxygen atoms in total. The molecule has 0 aliphatic carbocycles. The van der Waals surface area contributed by atoms with Crippen LogP contribution in [0.2, 0.25) is 0 Å². The lowest BCUT2D eigenvalue weighted by molar-refractivity contribution is 0.271. The summed E-state index contributed by atoms with van der Waals surface area (Å²) in [5, 5.41) is 19.8. The van der Waals surface area contributed by atoms with Gasteiger partial charge in [0.2, 0.25) is 0 Å². The van der Waals surface area contributed by atoms with Gasteiger partial charge in [-0.05, 0) is 18.1 Å². The molecule has 1 aromatic carbocycles. The van der Waals surface area contributed by atoms with Crippen LogP contribution < -0.4 is 10.1 Å². The van der Waals surface area contributed by atoms with E-state index in [9.17, 15) is 4.39 Å². The molecule has 0 radical (unpaired) electrons. The fourth-order valence-electron chi connectivity index (χ4n) is 1.26. The van der Waals surface area contributed by atoms with Crippen LogP contribution in [0.4, 0.5) is 10.1 Å². The van der Waals surface area contributed by atoms with Crippen molar-refractivity contribution in [1.82, 2.24) is 0 Å². The predicted molar refractivity (Wildman–Crippen MR) is 69.7 cm³/mol. The highest BCUT2D eigenvalue weighted by Crippen LogP contribution is 2.28. The van der Waals surface area contributed by atoms with Crippen LogP contribution in [0.3, 0.4) is 0 Å². The Morgan fingerprint density at radius 3 is 2.68 bits per heavy atom. The summed E-state index contributed by atoms with van der Waals surface area (Å²) in [6, 6.07) is 7.81. The summed E-state index contributed by atoms with van der Waals surface area (Å²) >= 11 is 0. The molecule has 0 aliphatic heterocycles. The third-order valence-corrected chi connectivity index (χ3v) is 2.15. The first kappa shape index (κ1) is 14.5. The molecule has 1 N–H and O–H groups in total. The summed E-state index contributed by atoms with van der Waals surface area (Å²) < 4.78 is 19.2. The van der Waals surface area contributed by atoms with Gasteiger partial charge in [-0.3, -0.25) is 0 Å². The third kappa shape index (κ3) is 4.33. The molecule has 5 heteroatoms. The van der Waals surface area contributed by atoms with Crippen LogP contribution in [-0.2, 0) is 0 Å². The lowest BCUT2D eigenvalue weighted by Crippen LogP contribution is -2.07. The van der Waals surface area contributed by atoms with E-state index in [4.69, 9.17) is 15.3 Å². The summed E-state index contributed by atoms with van der Waals surface area (Å²) in [4.78, 5) is 0. The summed E-state index contributed by atoms with van der Waals surface area (Å²) in [7, 11) is 0. The lowest BCUT2D eigenvalue weighted by Gasteiger charge is -2.13. The Kier molecular flexibility index (Phi) is 5.37. The summed E-state index contributed by atoms with van der Waals surface area (Å²) in [5.41, 5.74) is -0.0239. The highest BCUT2D eigenvalue weighted by atomic mass is 19.1. The van der Waals surface area contributed by atoms with Crippen molar-refractivity contribution in [3.05, 3.63) is 35.8 Å². The quantitative estimate of drug-likeness (QED) is 0.824. The van der Waals surface area contributed by atoms with Gasteiger partial charge >= 0.3 is 0 Å². The zero-order chi connectivity index (χ0) is 14.3. The second-order valence-electron chi connectivity index (χ2n) is 4.24. The highest BCUT2D eigenvalue weighted by Gasteiger charge is 2.09. The Morgan fingerprint density at radius 2 is 2.11 bits per heavy atom. The fraction of sp³-hybridized carbons (Fsp3) is 0.286. The maximum absolute atomic E-state index is 13.7. The maximum Gasteiger partial charge on any atom is 0.150 e. The van der Waals surface area contributed by atoms with Crippen LogP contribution in [0, 0.1) is 34.4 Å². The SMILES string of the molecule is CC(C)COc1cccc(F)c1NC=C(C#N)C#N. The standard InChI is InChI=1S/C14H14FN3O/c1-10(2)9-19-13-5-3-4-12(15)14(13)18-8-11(6-16)7-17/h3-5,8,10,18H,9H2,1-2H3. The number of halogens is 1. The van der Waals surface area contributed by atoms with Crippen LogP contribution in [0.1, 0.15) is 13.8 Å². The van der Waals surface area contributed by atoms with Crippen molar-refractivity contribution < 1.29 is 9.13 Å². The summed E-state index contributed by atoms with van der Waals surface area (Å²) in [6.45, 7) is 4.41. The average Bonchev–Trinajstić information content (AvgIpc) is 2.39. The van der Waals surface area contributed by atoms with E-state index < -0.39 is 5.82 Å². The normalized spacial score (nSPS) is 9.37. The molecule has 0 aliphatic rings. The van der Waals surface area contributed by atoms with E-state index >= 15 is 0 Å². The zero-order valence-corrected chi connectivity index (χ0v) is 10.8. The number of benzene rings is 1. The van der Waals surface area contributed by atoms with E-state index in [0.29, 0.717) is 18.3 Å². The van der Waals surface area contributed by atoms with Gasteiger partial charge in [0, 0.05) is 6.20 Å². The molecule has 0 aromatic heterocycles. The molecular weight excluding hydrogens is 245 g/mol. The van der Waals surface area contributed by atoms with E-state index in [0.717, 1.165) is 6.20 Å². The molecule has 0 heterocycles. The van der Waals surface area contributed by atoms with Crippen LogP contribution in [0.25, 0.3) is 0 Å². The van der Waals surface area contributed by atoms with Crippen molar-refractivity contribution in [2.75, 3.05) is 11.9 Å². The van der Waals surface area contributed by atoms with Gasteiger partial charge < -0.3 is 10.1 Å². The van der Waals surface area contributed by atoms with Gasteiger partial charge in [0.1, 0.15) is 35.0 Å². The van der Waals surface area contributed by atoms with Gasteiger partial charge in [-0.15, -0.1) is 0 Å². The molecule has 1 aromatic rings. The fourth-order valence-corrected chi connectivity index (χ4v) is 1.26. The highest BCUT2D eigenvalue weighted by molar-refractivity contribution is 5.60. The van der Waals surface area contributed by atoms with Gasteiger partial charge in [0.15, 0.2) is 0 Å². The number of anilines is 1. The van der Waals surface area contributed by atoms with Gasteiger partial charge in [-0.2, -0.15) is 10.5 Å². The van der Waals surface area contributed by atoms with Crippen LogP contribution in [0.5, 0.6) is 5.75 Å². The lowest BCUT2D eigenvalue weighted by atomic mass is 10.2. The first-order valence-electron chi connectivity index (χ1n) is 5.76. The Balaban J connectivity index is 2.96. The first-order valence-corrected chi connectivity index (χ1v) is 5.76. The molecule has 0 atom stereocenters. The zero-order valence-electron chi connectivity index (χ0n) is 10.8. The van der Waals surface area contributed by atoms with E-state index in [1.54, 1.807) is 18.2 Å². The molecule has 0 amide bonds. The molecule has 19 heavy (non-hydrogen) atoms. The number of nitriles is 2. The number of allylic oxidation sites excluding steroid dienone is 1. The number of hydrogen-bond donors (Lipinski definition) is 1. The third-order valence-electron chi connectivity index (χ3n) is 2.15. The largest absolute Gasteiger partial charge is 0.491 e. The first-order chi connectivity index (χ1) is 9.08. The average molecular weight is 259 g/mol. The second kappa shape index (κ2) is 7.03. The van der Waals surface area contributed by atoms with E-state index in [-0.39, 0.29) is 11.3 Å². The molecule has 0 saturated carbocycles. The topological polar surface area (TPSA) is 68.8 Å². The van der Waals surface area contributed by atoms with Crippen LogP contribution in [0.15, 0.2) is 30.0 Å². The molecule has 0 unspecified atom stereocenters. The summed E-state index contributed by atoms with van der Waals surface area (Å²) in [6.07, 6.45) is 1.15. The minimum Gasteiger partial charge on any atom is -0.491 e. The second-order valence-corrected chi connectivity index (χ2v) is 4.24. The molecular formula is C14H14FN3O. The Morgan fingerprint density at radius 1 is 1.42 bits per heavy atom. The maximum atomic E-state index is 13.7. The van der Waals surface area contributed by atoms with E-state index in [1.807, 2.05) is 13.8 Å². The number of nitrogens with one attached hydrogen (secondary N) is 1. The minimum absolute atomic E-state index is 0.117. The molecule has 1 rings (SSSR count). The Bertz CT molecular complexity index is 537.